The smallest absolute Gasteiger partial charge is 0.0991 e. The minimum absolute atomic E-state index is 0.641. The summed E-state index contributed by atoms with van der Waals surface area (Å²) in [6.07, 6.45) is 0. The molecule has 0 unspecified atom stereocenters. The molecule has 18 aromatic rings. The molecule has 6 heteroatoms. The van der Waals surface area contributed by atoms with E-state index in [1.54, 1.807) is 0 Å². The Bertz CT molecular complexity index is 6090. The molecule has 0 aliphatic heterocycles. The zero-order valence-electron chi connectivity index (χ0n) is 49.7. The van der Waals surface area contributed by atoms with E-state index in [-0.39, 0.29) is 0 Å². The monoisotopic (exact) mass is 1170 g/mol. The van der Waals surface area contributed by atoms with E-state index in [9.17, 15) is 10.5 Å². The summed E-state index contributed by atoms with van der Waals surface area (Å²) in [7, 11) is 0. The lowest BCUT2D eigenvalue weighted by molar-refractivity contribution is 1.18. The van der Waals surface area contributed by atoms with Gasteiger partial charge in [0.05, 0.1) is 67.4 Å². The second-order valence-corrected chi connectivity index (χ2v) is 23.9. The second-order valence-electron chi connectivity index (χ2n) is 23.9. The van der Waals surface area contributed by atoms with E-state index in [0.717, 1.165) is 117 Å². The largest absolute Gasteiger partial charge is 0.309 e. The first-order chi connectivity index (χ1) is 45.5. The zero-order valence-corrected chi connectivity index (χ0v) is 49.7. The molecule has 0 atom stereocenters. The molecule has 0 fully saturated rings. The highest BCUT2D eigenvalue weighted by Crippen LogP contribution is 2.43. The van der Waals surface area contributed by atoms with Gasteiger partial charge in [-0.15, -0.1) is 0 Å². The summed E-state index contributed by atoms with van der Waals surface area (Å²) in [6.45, 7) is 0. The summed E-state index contributed by atoms with van der Waals surface area (Å²) in [4.78, 5) is 0. The number of rotatable bonds is 9. The maximum Gasteiger partial charge on any atom is 0.0991 e. The van der Waals surface area contributed by atoms with Crippen molar-refractivity contribution < 1.29 is 0 Å². The van der Waals surface area contributed by atoms with E-state index >= 15 is 0 Å². The molecule has 0 saturated heterocycles. The first-order valence-electron chi connectivity index (χ1n) is 31.1. The van der Waals surface area contributed by atoms with Crippen molar-refractivity contribution in [2.75, 3.05) is 0 Å². The second kappa shape index (κ2) is 21.0. The molecule has 18 rings (SSSR count). The molecule has 0 saturated carbocycles. The van der Waals surface area contributed by atoms with Crippen molar-refractivity contribution in [1.82, 2.24) is 18.3 Å². The topological polar surface area (TPSA) is 67.3 Å². The van der Waals surface area contributed by atoms with Crippen LogP contribution in [-0.4, -0.2) is 18.3 Å². The normalized spacial score (nSPS) is 11.7. The molecule has 0 amide bonds. The third-order valence-corrected chi connectivity index (χ3v) is 18.9. The molecular weight excluding hydrogens is 1120 g/mol. The average Bonchev–Trinajstić information content (AvgIpc) is 3.69. The van der Waals surface area contributed by atoms with Gasteiger partial charge in [0.25, 0.3) is 0 Å². The number of para-hydroxylation sites is 4. The fraction of sp³-hybridized carbons (Fsp3) is 0. The molecule has 0 aliphatic carbocycles. The predicted molar refractivity (Wildman–Crippen MR) is 380 cm³/mol. The van der Waals surface area contributed by atoms with E-state index in [2.05, 4.69) is 297 Å². The Hall–Kier alpha value is -12.7. The fourth-order valence-corrected chi connectivity index (χ4v) is 14.4. The van der Waals surface area contributed by atoms with Gasteiger partial charge in [0.2, 0.25) is 0 Å². The van der Waals surface area contributed by atoms with E-state index < -0.39 is 0 Å². The van der Waals surface area contributed by atoms with Gasteiger partial charge in [0.1, 0.15) is 0 Å². The Morgan fingerprint density at radius 2 is 0.413 bits per heavy atom. The Kier molecular flexibility index (Phi) is 11.9. The zero-order chi connectivity index (χ0) is 61.0. The molecule has 4 aromatic heterocycles. The lowest BCUT2D eigenvalue weighted by atomic mass is 9.97. The van der Waals surface area contributed by atoms with Crippen LogP contribution < -0.4 is 0 Å². The first-order valence-corrected chi connectivity index (χ1v) is 31.1. The number of aromatic nitrogens is 4. The third kappa shape index (κ3) is 8.40. The summed E-state index contributed by atoms with van der Waals surface area (Å²) in [5, 5.41) is 28.6. The van der Waals surface area contributed by atoms with E-state index in [1.807, 2.05) is 48.5 Å². The van der Waals surface area contributed by atoms with Crippen LogP contribution in [0, 0.1) is 22.7 Å². The van der Waals surface area contributed by atoms with Crippen molar-refractivity contribution in [2.24, 2.45) is 0 Å². The predicted octanol–water partition coefficient (Wildman–Crippen LogP) is 22.2. The van der Waals surface area contributed by atoms with Gasteiger partial charge in [0, 0.05) is 65.8 Å². The molecule has 426 valence electrons. The van der Waals surface area contributed by atoms with Gasteiger partial charge in [0.15, 0.2) is 0 Å². The maximum atomic E-state index is 9.61. The van der Waals surface area contributed by atoms with Crippen LogP contribution in [0.4, 0.5) is 0 Å². The minimum Gasteiger partial charge on any atom is -0.309 e. The molecule has 0 aliphatic rings. The van der Waals surface area contributed by atoms with Gasteiger partial charge in [-0.3, -0.25) is 0 Å². The van der Waals surface area contributed by atoms with Crippen LogP contribution in [0.5, 0.6) is 0 Å². The highest BCUT2D eigenvalue weighted by molar-refractivity contribution is 6.15. The van der Waals surface area contributed by atoms with E-state index in [0.29, 0.717) is 11.1 Å². The Labute approximate surface area is 530 Å². The average molecular weight is 1170 g/mol. The standard InChI is InChI=1S/C86H52N6/c87-53-55-19-37-69(38-20-55)90-80-18-10-8-16-72(80)75-47-61(33-43-81(75)90)57-23-25-58(26-24-57)62-34-44-82-76(48-62)74-42-31-65(51-86(74)91(82)68-13-5-2-6-14-68)60-29-27-59(28-30-60)63-35-45-83-77(49-63)78-50-64(36-46-84(78)89(83)67-11-3-1-4-12-67)66-32-41-73-71-15-7-9-17-79(71)92(85(73)52-66)70-39-21-56(54-88)22-40-70/h1-52H. The van der Waals surface area contributed by atoms with Gasteiger partial charge in [-0.2, -0.15) is 10.5 Å². The molecule has 92 heavy (non-hydrogen) atoms. The Morgan fingerprint density at radius 3 is 0.793 bits per heavy atom. The summed E-state index contributed by atoms with van der Waals surface area (Å²) in [5.74, 6) is 0. The Morgan fingerprint density at radius 1 is 0.174 bits per heavy atom. The molecular formula is C86H52N6. The molecule has 14 aromatic carbocycles. The highest BCUT2D eigenvalue weighted by atomic mass is 15.0. The van der Waals surface area contributed by atoms with Gasteiger partial charge < -0.3 is 18.3 Å². The van der Waals surface area contributed by atoms with Crippen molar-refractivity contribution in [3.05, 3.63) is 327 Å². The minimum atomic E-state index is 0.641. The fourth-order valence-electron chi connectivity index (χ4n) is 14.4. The van der Waals surface area contributed by atoms with Crippen LogP contribution in [0.25, 0.3) is 166 Å². The quantitative estimate of drug-likeness (QED) is 0.145. The van der Waals surface area contributed by atoms with Crippen LogP contribution in [0.1, 0.15) is 11.1 Å². The number of fused-ring (bicyclic) bond motifs is 12. The lowest BCUT2D eigenvalue weighted by Crippen LogP contribution is -1.94. The summed E-state index contributed by atoms with van der Waals surface area (Å²) in [5.41, 5.74) is 26.2. The van der Waals surface area contributed by atoms with Crippen LogP contribution >= 0.6 is 0 Å². The van der Waals surface area contributed by atoms with E-state index in [4.69, 9.17) is 0 Å². The van der Waals surface area contributed by atoms with Crippen molar-refractivity contribution >= 4 is 87.2 Å². The maximum absolute atomic E-state index is 9.61. The van der Waals surface area contributed by atoms with Crippen molar-refractivity contribution in [2.45, 2.75) is 0 Å². The van der Waals surface area contributed by atoms with E-state index in [1.165, 1.54) is 48.7 Å². The number of hydrogen-bond acceptors (Lipinski definition) is 2. The van der Waals surface area contributed by atoms with Crippen LogP contribution in [0.3, 0.4) is 0 Å². The van der Waals surface area contributed by atoms with Crippen molar-refractivity contribution in [3.63, 3.8) is 0 Å². The lowest BCUT2D eigenvalue weighted by Gasteiger charge is -2.10. The highest BCUT2D eigenvalue weighted by Gasteiger charge is 2.20. The first kappa shape index (κ1) is 52.4. The Balaban J connectivity index is 0.682. The van der Waals surface area contributed by atoms with Crippen LogP contribution in [0.2, 0.25) is 0 Å². The van der Waals surface area contributed by atoms with Crippen LogP contribution in [0.15, 0.2) is 315 Å². The number of nitriles is 2. The summed E-state index contributed by atoms with van der Waals surface area (Å²) < 4.78 is 9.40. The number of hydrogen-bond donors (Lipinski definition) is 0. The molecule has 0 radical (unpaired) electrons. The third-order valence-electron chi connectivity index (χ3n) is 18.9. The summed E-state index contributed by atoms with van der Waals surface area (Å²) >= 11 is 0. The van der Waals surface area contributed by atoms with Crippen molar-refractivity contribution in [1.29, 1.82) is 10.5 Å². The SMILES string of the molecule is N#Cc1ccc(-n2c3ccccc3c3cc(-c4ccc(-c5ccc6c(c5)c5ccc(-c7ccc(-c8ccc9c(c8)c8cc(-c%10ccc%11c%12ccccc%12n(-c%12ccc(C#N)cc%12)c%11c%10)ccc8n9-c8ccccc8)cc7)cc5n6-c5ccccc5)cc4)ccc32)cc1. The van der Waals surface area contributed by atoms with Gasteiger partial charge in [-0.25, -0.2) is 0 Å². The van der Waals surface area contributed by atoms with Crippen LogP contribution in [-0.2, 0) is 0 Å². The van der Waals surface area contributed by atoms with Gasteiger partial charge >= 0.3 is 0 Å². The molecule has 0 spiro atoms. The number of benzene rings is 14. The van der Waals surface area contributed by atoms with Crippen molar-refractivity contribution in [3.8, 4) is 90.5 Å². The van der Waals surface area contributed by atoms with Gasteiger partial charge in [-0.1, -0.05) is 170 Å². The molecule has 6 nitrogen and oxygen atoms in total. The molecule has 4 heterocycles. The molecule has 0 bridgehead atoms. The summed E-state index contributed by atoms with van der Waals surface area (Å²) in [6, 6.07) is 118. The van der Waals surface area contributed by atoms with Gasteiger partial charge in [-0.05, 0) is 201 Å². The molecule has 0 N–H and O–H groups in total. The number of nitrogens with zero attached hydrogens (tertiary/aromatic N) is 6.